The first-order chi connectivity index (χ1) is 8.11. The second kappa shape index (κ2) is 7.07. The van der Waals surface area contributed by atoms with Crippen LogP contribution in [0.15, 0.2) is 24.3 Å². The molecule has 0 fully saturated rings. The number of hydrogen-bond acceptors (Lipinski definition) is 3. The normalized spacial score (nSPS) is 10.6. The quantitative estimate of drug-likeness (QED) is 0.727. The molecule has 1 aromatic rings. The van der Waals surface area contributed by atoms with Crippen molar-refractivity contribution in [2.45, 2.75) is 26.8 Å². The molecule has 3 nitrogen and oxygen atoms in total. The molecule has 0 spiro atoms. The minimum atomic E-state index is 0.239. The van der Waals surface area contributed by atoms with Crippen LogP contribution in [-0.2, 0) is 11.3 Å². The van der Waals surface area contributed by atoms with E-state index in [1.807, 2.05) is 26.1 Å². The fourth-order valence-corrected chi connectivity index (χ4v) is 1.60. The summed E-state index contributed by atoms with van der Waals surface area (Å²) < 4.78 is 5.39. The van der Waals surface area contributed by atoms with E-state index in [9.17, 15) is 4.79 Å². The predicted molar refractivity (Wildman–Crippen MR) is 69.2 cm³/mol. The molecular weight excluding hydrogens is 214 g/mol. The van der Waals surface area contributed by atoms with Gasteiger partial charge in [-0.25, -0.2) is 0 Å². The Morgan fingerprint density at radius 3 is 2.47 bits per heavy atom. The number of carbonyl (C=O) groups excluding carboxylic acids is 1. The third-order valence-corrected chi connectivity index (χ3v) is 2.53. The molecule has 3 heteroatoms. The molecule has 0 atom stereocenters. The summed E-state index contributed by atoms with van der Waals surface area (Å²) in [4.78, 5) is 13.0. The number of ketones is 1. The van der Waals surface area contributed by atoms with E-state index >= 15 is 0 Å². The number of benzene rings is 1. The molecule has 0 aromatic heterocycles. The van der Waals surface area contributed by atoms with E-state index in [2.05, 4.69) is 17.0 Å². The molecular formula is C14H21NO2. The van der Waals surface area contributed by atoms with Crippen LogP contribution in [0, 0.1) is 0 Å². The van der Waals surface area contributed by atoms with Gasteiger partial charge in [-0.05, 0) is 38.6 Å². The number of rotatable bonds is 7. The van der Waals surface area contributed by atoms with Crippen molar-refractivity contribution in [2.75, 3.05) is 20.2 Å². The maximum Gasteiger partial charge on any atom is 0.131 e. The zero-order valence-corrected chi connectivity index (χ0v) is 10.9. The Morgan fingerprint density at radius 2 is 1.94 bits per heavy atom. The van der Waals surface area contributed by atoms with Gasteiger partial charge in [0.05, 0.1) is 6.61 Å². The smallest absolute Gasteiger partial charge is 0.131 e. The molecule has 0 N–H and O–H groups in total. The van der Waals surface area contributed by atoms with Crippen molar-refractivity contribution in [2.24, 2.45) is 0 Å². The topological polar surface area (TPSA) is 29.5 Å². The lowest BCUT2D eigenvalue weighted by Crippen LogP contribution is -2.20. The molecule has 1 rings (SSSR count). The summed E-state index contributed by atoms with van der Waals surface area (Å²) >= 11 is 0. The maximum absolute atomic E-state index is 10.9. The minimum Gasteiger partial charge on any atom is -0.494 e. The van der Waals surface area contributed by atoms with E-state index in [4.69, 9.17) is 4.74 Å². The average molecular weight is 235 g/mol. The fourth-order valence-electron chi connectivity index (χ4n) is 1.60. The first kappa shape index (κ1) is 13.7. The molecule has 0 aliphatic carbocycles. The Kier molecular flexibility index (Phi) is 5.70. The van der Waals surface area contributed by atoms with Gasteiger partial charge < -0.3 is 9.64 Å². The van der Waals surface area contributed by atoms with Crippen LogP contribution < -0.4 is 4.74 Å². The standard InChI is InChI=1S/C14H21NO2/c1-4-17-14-7-5-13(6-8-14)11-15(3)10-9-12(2)16/h5-8H,4,9-11H2,1-3H3. The maximum atomic E-state index is 10.9. The Balaban J connectivity index is 2.42. The van der Waals surface area contributed by atoms with Gasteiger partial charge in [-0.1, -0.05) is 12.1 Å². The van der Waals surface area contributed by atoms with Crippen LogP contribution >= 0.6 is 0 Å². The molecule has 1 aromatic carbocycles. The van der Waals surface area contributed by atoms with Crippen molar-refractivity contribution >= 4 is 5.78 Å². The van der Waals surface area contributed by atoms with Crippen LogP contribution in [0.5, 0.6) is 5.75 Å². The molecule has 0 saturated carbocycles. The van der Waals surface area contributed by atoms with Crippen molar-refractivity contribution in [1.82, 2.24) is 4.90 Å². The fraction of sp³-hybridized carbons (Fsp3) is 0.500. The van der Waals surface area contributed by atoms with Crippen LogP contribution in [0.4, 0.5) is 0 Å². The molecule has 0 heterocycles. The molecule has 94 valence electrons. The van der Waals surface area contributed by atoms with E-state index in [1.54, 1.807) is 6.92 Å². The van der Waals surface area contributed by atoms with Gasteiger partial charge in [0.15, 0.2) is 0 Å². The molecule has 0 amide bonds. The van der Waals surface area contributed by atoms with Gasteiger partial charge in [0.2, 0.25) is 0 Å². The Bertz CT molecular complexity index is 346. The highest BCUT2D eigenvalue weighted by atomic mass is 16.5. The zero-order valence-electron chi connectivity index (χ0n) is 10.9. The Hall–Kier alpha value is -1.35. The summed E-state index contributed by atoms with van der Waals surface area (Å²) in [6, 6.07) is 8.10. The van der Waals surface area contributed by atoms with E-state index in [-0.39, 0.29) is 5.78 Å². The zero-order chi connectivity index (χ0) is 12.7. The van der Waals surface area contributed by atoms with Crippen LogP contribution in [0.1, 0.15) is 25.8 Å². The van der Waals surface area contributed by atoms with E-state index < -0.39 is 0 Å². The summed E-state index contributed by atoms with van der Waals surface area (Å²) in [5.41, 5.74) is 1.24. The Labute approximate surface area is 103 Å². The highest BCUT2D eigenvalue weighted by Crippen LogP contribution is 2.13. The number of nitrogens with zero attached hydrogens (tertiary/aromatic N) is 1. The first-order valence-electron chi connectivity index (χ1n) is 6.01. The summed E-state index contributed by atoms with van der Waals surface area (Å²) in [5.74, 6) is 1.14. The van der Waals surface area contributed by atoms with E-state index in [1.165, 1.54) is 5.56 Å². The molecule has 0 aliphatic heterocycles. The third-order valence-electron chi connectivity index (χ3n) is 2.53. The van der Waals surface area contributed by atoms with Gasteiger partial charge in [-0.2, -0.15) is 0 Å². The summed E-state index contributed by atoms with van der Waals surface area (Å²) in [5, 5.41) is 0. The highest BCUT2D eigenvalue weighted by Gasteiger charge is 2.02. The number of carbonyl (C=O) groups is 1. The number of ether oxygens (including phenoxy) is 1. The average Bonchev–Trinajstić information content (AvgIpc) is 2.29. The lowest BCUT2D eigenvalue weighted by atomic mass is 10.2. The van der Waals surface area contributed by atoms with Gasteiger partial charge in [0.1, 0.15) is 11.5 Å². The van der Waals surface area contributed by atoms with Crippen molar-refractivity contribution in [3.63, 3.8) is 0 Å². The van der Waals surface area contributed by atoms with Gasteiger partial charge in [-0.3, -0.25) is 4.79 Å². The molecule has 0 radical (unpaired) electrons. The van der Waals surface area contributed by atoms with Crippen LogP contribution in [0.2, 0.25) is 0 Å². The summed E-state index contributed by atoms with van der Waals surface area (Å²) in [6.07, 6.45) is 0.619. The lowest BCUT2D eigenvalue weighted by Gasteiger charge is -2.16. The summed E-state index contributed by atoms with van der Waals surface area (Å²) in [6.45, 7) is 5.97. The van der Waals surface area contributed by atoms with Crippen molar-refractivity contribution in [3.05, 3.63) is 29.8 Å². The molecule has 0 saturated heterocycles. The van der Waals surface area contributed by atoms with Crippen molar-refractivity contribution < 1.29 is 9.53 Å². The van der Waals surface area contributed by atoms with Gasteiger partial charge in [0, 0.05) is 19.5 Å². The largest absolute Gasteiger partial charge is 0.494 e. The van der Waals surface area contributed by atoms with Gasteiger partial charge >= 0.3 is 0 Å². The minimum absolute atomic E-state index is 0.239. The molecule has 17 heavy (non-hydrogen) atoms. The van der Waals surface area contributed by atoms with Crippen molar-refractivity contribution in [1.29, 1.82) is 0 Å². The monoisotopic (exact) mass is 235 g/mol. The second-order valence-electron chi connectivity index (χ2n) is 4.27. The first-order valence-corrected chi connectivity index (χ1v) is 6.01. The molecule has 0 aliphatic rings. The SMILES string of the molecule is CCOc1ccc(CN(C)CCC(C)=O)cc1. The van der Waals surface area contributed by atoms with Gasteiger partial charge in [0.25, 0.3) is 0 Å². The van der Waals surface area contributed by atoms with Crippen molar-refractivity contribution in [3.8, 4) is 5.75 Å². The van der Waals surface area contributed by atoms with Crippen LogP contribution in [0.25, 0.3) is 0 Å². The Morgan fingerprint density at radius 1 is 1.29 bits per heavy atom. The molecule has 0 unspecified atom stereocenters. The van der Waals surface area contributed by atoms with Crippen LogP contribution in [-0.4, -0.2) is 30.9 Å². The molecule has 0 bridgehead atoms. The lowest BCUT2D eigenvalue weighted by molar-refractivity contribution is -0.117. The van der Waals surface area contributed by atoms with E-state index in [0.717, 1.165) is 18.8 Å². The summed E-state index contributed by atoms with van der Waals surface area (Å²) in [7, 11) is 2.03. The third kappa shape index (κ3) is 5.50. The van der Waals surface area contributed by atoms with Crippen LogP contribution in [0.3, 0.4) is 0 Å². The number of hydrogen-bond donors (Lipinski definition) is 0. The number of Topliss-reactive ketones (excluding diaryl/α,β-unsaturated/α-hetero) is 1. The highest BCUT2D eigenvalue weighted by molar-refractivity contribution is 5.75. The van der Waals surface area contributed by atoms with E-state index in [0.29, 0.717) is 13.0 Å². The second-order valence-corrected chi connectivity index (χ2v) is 4.27. The van der Waals surface area contributed by atoms with Gasteiger partial charge in [-0.15, -0.1) is 0 Å². The predicted octanol–water partition coefficient (Wildman–Crippen LogP) is 2.50.